The van der Waals surface area contributed by atoms with Crippen molar-refractivity contribution in [3.63, 3.8) is 0 Å². The van der Waals surface area contributed by atoms with Gasteiger partial charge in [-0.1, -0.05) is 0 Å². The molecule has 2 N–H and O–H groups in total. The van der Waals surface area contributed by atoms with Crippen LogP contribution in [0.15, 0.2) is 18.2 Å². The number of ether oxygens (including phenoxy) is 2. The Hall–Kier alpha value is -1.91. The lowest BCUT2D eigenvalue weighted by Gasteiger charge is -2.27. The van der Waals surface area contributed by atoms with E-state index in [0.29, 0.717) is 30.3 Å². The maximum atomic E-state index is 11.6. The number of nitrogens with zero attached hydrogens (tertiary/aromatic N) is 1. The molecule has 0 bridgehead atoms. The van der Waals surface area contributed by atoms with Gasteiger partial charge in [0.25, 0.3) is 0 Å². The summed E-state index contributed by atoms with van der Waals surface area (Å²) in [5.74, 6) is 0.619. The SMILES string of the molecule is COc1ccc(N)cc1N1CCCOC1=O. The van der Waals surface area contributed by atoms with Crippen molar-refractivity contribution in [3.05, 3.63) is 18.2 Å². The molecule has 0 aliphatic carbocycles. The van der Waals surface area contributed by atoms with Crippen molar-refractivity contribution in [2.45, 2.75) is 6.42 Å². The zero-order chi connectivity index (χ0) is 11.5. The summed E-state index contributed by atoms with van der Waals surface area (Å²) in [5.41, 5.74) is 6.95. The summed E-state index contributed by atoms with van der Waals surface area (Å²) < 4.78 is 10.2. The minimum Gasteiger partial charge on any atom is -0.495 e. The largest absolute Gasteiger partial charge is 0.495 e. The fourth-order valence-electron chi connectivity index (χ4n) is 1.69. The molecule has 86 valence electrons. The van der Waals surface area contributed by atoms with Crippen molar-refractivity contribution in [2.75, 3.05) is 30.9 Å². The van der Waals surface area contributed by atoms with Crippen molar-refractivity contribution in [1.82, 2.24) is 0 Å². The van der Waals surface area contributed by atoms with Gasteiger partial charge in [-0.15, -0.1) is 0 Å². The standard InChI is InChI=1S/C11H14N2O3/c1-15-10-4-3-8(12)7-9(10)13-5-2-6-16-11(13)14/h3-4,7H,2,5-6,12H2,1H3. The van der Waals surface area contributed by atoms with Crippen LogP contribution >= 0.6 is 0 Å². The van der Waals surface area contributed by atoms with Gasteiger partial charge in [0.15, 0.2) is 0 Å². The topological polar surface area (TPSA) is 64.8 Å². The lowest BCUT2D eigenvalue weighted by molar-refractivity contribution is 0.140. The van der Waals surface area contributed by atoms with Crippen LogP contribution in [0, 0.1) is 0 Å². The molecule has 0 saturated carbocycles. The number of methoxy groups -OCH3 is 1. The number of rotatable bonds is 2. The molecule has 1 aliphatic rings. The molecular formula is C11H14N2O3. The van der Waals surface area contributed by atoms with E-state index in [2.05, 4.69) is 0 Å². The van der Waals surface area contributed by atoms with Gasteiger partial charge in [0.2, 0.25) is 0 Å². The smallest absolute Gasteiger partial charge is 0.414 e. The summed E-state index contributed by atoms with van der Waals surface area (Å²) in [5, 5.41) is 0. The van der Waals surface area contributed by atoms with Crippen LogP contribution in [0.3, 0.4) is 0 Å². The Morgan fingerprint density at radius 3 is 3.00 bits per heavy atom. The Morgan fingerprint density at radius 2 is 2.31 bits per heavy atom. The highest BCUT2D eigenvalue weighted by Gasteiger charge is 2.24. The monoisotopic (exact) mass is 222 g/mol. The van der Waals surface area contributed by atoms with Gasteiger partial charge in [-0.25, -0.2) is 4.79 Å². The highest BCUT2D eigenvalue weighted by molar-refractivity contribution is 5.91. The number of anilines is 2. The molecule has 5 nitrogen and oxygen atoms in total. The number of amides is 1. The molecule has 0 spiro atoms. The van der Waals surface area contributed by atoms with Crippen LogP contribution in [0.1, 0.15) is 6.42 Å². The van der Waals surface area contributed by atoms with E-state index in [1.54, 1.807) is 30.2 Å². The first-order chi connectivity index (χ1) is 7.72. The first-order valence-corrected chi connectivity index (χ1v) is 5.10. The molecule has 1 heterocycles. The normalized spacial score (nSPS) is 15.8. The summed E-state index contributed by atoms with van der Waals surface area (Å²) in [4.78, 5) is 13.1. The lowest BCUT2D eigenvalue weighted by Crippen LogP contribution is -2.37. The van der Waals surface area contributed by atoms with Crippen molar-refractivity contribution in [2.24, 2.45) is 0 Å². The molecule has 1 fully saturated rings. The fraction of sp³-hybridized carbons (Fsp3) is 0.364. The highest BCUT2D eigenvalue weighted by Crippen LogP contribution is 2.31. The minimum atomic E-state index is -0.352. The van der Waals surface area contributed by atoms with Gasteiger partial charge in [-0.3, -0.25) is 4.90 Å². The Labute approximate surface area is 93.7 Å². The van der Waals surface area contributed by atoms with Crippen LogP contribution in [-0.4, -0.2) is 26.4 Å². The number of carbonyl (C=O) groups is 1. The van der Waals surface area contributed by atoms with E-state index in [1.165, 1.54) is 0 Å². The quantitative estimate of drug-likeness (QED) is 0.772. The first-order valence-electron chi connectivity index (χ1n) is 5.10. The third kappa shape index (κ3) is 1.88. The van der Waals surface area contributed by atoms with Crippen LogP contribution in [0.2, 0.25) is 0 Å². The van der Waals surface area contributed by atoms with Gasteiger partial charge >= 0.3 is 6.09 Å². The van der Waals surface area contributed by atoms with Crippen LogP contribution in [0.4, 0.5) is 16.2 Å². The van der Waals surface area contributed by atoms with E-state index in [1.807, 2.05) is 0 Å². The van der Waals surface area contributed by atoms with Crippen LogP contribution < -0.4 is 15.4 Å². The van der Waals surface area contributed by atoms with E-state index < -0.39 is 0 Å². The summed E-state index contributed by atoms with van der Waals surface area (Å²) >= 11 is 0. The number of cyclic esters (lactones) is 1. The number of nitrogen functional groups attached to an aromatic ring is 1. The molecular weight excluding hydrogens is 208 g/mol. The van der Waals surface area contributed by atoms with Gasteiger partial charge in [0.1, 0.15) is 5.75 Å². The van der Waals surface area contributed by atoms with E-state index in [9.17, 15) is 4.79 Å². The molecule has 1 aromatic rings. The van der Waals surface area contributed by atoms with E-state index in [-0.39, 0.29) is 6.09 Å². The molecule has 0 aromatic heterocycles. The second-order valence-corrected chi connectivity index (χ2v) is 3.55. The van der Waals surface area contributed by atoms with Crippen LogP contribution in [-0.2, 0) is 4.74 Å². The predicted molar refractivity (Wildman–Crippen MR) is 60.7 cm³/mol. The summed E-state index contributed by atoms with van der Waals surface area (Å²) in [6, 6.07) is 5.19. The number of benzene rings is 1. The van der Waals surface area contributed by atoms with Crippen molar-refractivity contribution in [3.8, 4) is 5.75 Å². The lowest BCUT2D eigenvalue weighted by atomic mass is 10.2. The molecule has 1 aliphatic heterocycles. The average molecular weight is 222 g/mol. The second-order valence-electron chi connectivity index (χ2n) is 3.55. The van der Waals surface area contributed by atoms with Crippen LogP contribution in [0.25, 0.3) is 0 Å². The van der Waals surface area contributed by atoms with E-state index >= 15 is 0 Å². The predicted octanol–water partition coefficient (Wildman–Crippen LogP) is 1.62. The molecule has 1 saturated heterocycles. The Bertz CT molecular complexity index is 406. The van der Waals surface area contributed by atoms with Gasteiger partial charge in [-0.2, -0.15) is 0 Å². The van der Waals surface area contributed by atoms with Crippen LogP contribution in [0.5, 0.6) is 5.75 Å². The number of nitrogens with two attached hydrogens (primary N) is 1. The Balaban J connectivity index is 2.36. The van der Waals surface area contributed by atoms with Crippen molar-refractivity contribution < 1.29 is 14.3 Å². The molecule has 5 heteroatoms. The highest BCUT2D eigenvalue weighted by atomic mass is 16.6. The van der Waals surface area contributed by atoms with Crippen molar-refractivity contribution in [1.29, 1.82) is 0 Å². The Kier molecular flexibility index (Phi) is 2.85. The van der Waals surface area contributed by atoms with E-state index in [0.717, 1.165) is 6.42 Å². The third-order valence-electron chi connectivity index (χ3n) is 2.47. The molecule has 0 atom stereocenters. The third-order valence-corrected chi connectivity index (χ3v) is 2.47. The van der Waals surface area contributed by atoms with Gasteiger partial charge in [0, 0.05) is 12.2 Å². The zero-order valence-corrected chi connectivity index (χ0v) is 9.10. The second kappa shape index (κ2) is 4.30. The summed E-state index contributed by atoms with van der Waals surface area (Å²) in [7, 11) is 1.56. The fourth-order valence-corrected chi connectivity index (χ4v) is 1.69. The maximum absolute atomic E-state index is 11.6. The number of carbonyl (C=O) groups excluding carboxylic acids is 1. The zero-order valence-electron chi connectivity index (χ0n) is 9.10. The maximum Gasteiger partial charge on any atom is 0.414 e. The molecule has 0 radical (unpaired) electrons. The summed E-state index contributed by atoms with van der Waals surface area (Å²) in [6.45, 7) is 1.10. The molecule has 2 rings (SSSR count). The first kappa shape index (κ1) is 10.6. The summed E-state index contributed by atoms with van der Waals surface area (Å²) in [6.07, 6.45) is 0.458. The number of hydrogen-bond acceptors (Lipinski definition) is 4. The Morgan fingerprint density at radius 1 is 1.50 bits per heavy atom. The molecule has 16 heavy (non-hydrogen) atoms. The molecule has 1 aromatic carbocycles. The van der Waals surface area contributed by atoms with E-state index in [4.69, 9.17) is 15.2 Å². The van der Waals surface area contributed by atoms with Gasteiger partial charge in [-0.05, 0) is 24.6 Å². The molecule has 0 unspecified atom stereocenters. The van der Waals surface area contributed by atoms with Crippen molar-refractivity contribution >= 4 is 17.5 Å². The minimum absolute atomic E-state index is 0.352. The molecule has 1 amide bonds. The average Bonchev–Trinajstić information content (AvgIpc) is 2.29. The van der Waals surface area contributed by atoms with Gasteiger partial charge in [0.05, 0.1) is 19.4 Å². The number of hydrogen-bond donors (Lipinski definition) is 1. The van der Waals surface area contributed by atoms with Gasteiger partial charge < -0.3 is 15.2 Å².